The van der Waals surface area contributed by atoms with Crippen molar-refractivity contribution in [3.8, 4) is 0 Å². The first-order chi connectivity index (χ1) is 19.9. The molecule has 0 amide bonds. The fraction of sp³-hybridized carbons (Fsp3) is 0.308. The Balaban J connectivity index is 1.47. The fourth-order valence-electron chi connectivity index (χ4n) is 2.97. The van der Waals surface area contributed by atoms with E-state index in [-0.39, 0.29) is 26.4 Å². The lowest BCUT2D eigenvalue weighted by Gasteiger charge is -2.18. The SMILES string of the molecule is CSc1ccn(CCOCP(=O)(OCOC(=O)OCc2ccccc2)OCOC(=O)OCc2ccccc2)c(=O)n1. The first kappa shape index (κ1) is 31.8. The van der Waals surface area contributed by atoms with Crippen LogP contribution >= 0.6 is 19.4 Å². The number of thioether (sulfide) groups is 1. The molecule has 0 fully saturated rings. The number of carbonyl (C=O) groups is 2. The lowest BCUT2D eigenvalue weighted by Crippen LogP contribution is -2.24. The van der Waals surface area contributed by atoms with Crippen LogP contribution < -0.4 is 5.69 Å². The third-order valence-electron chi connectivity index (χ3n) is 5.04. The predicted octanol–water partition coefficient (Wildman–Crippen LogP) is 4.79. The van der Waals surface area contributed by atoms with Gasteiger partial charge in [-0.25, -0.2) is 14.4 Å². The van der Waals surface area contributed by atoms with Crippen LogP contribution in [0.15, 0.2) is 82.7 Å². The maximum absolute atomic E-state index is 13.2. The number of rotatable bonds is 16. The van der Waals surface area contributed by atoms with Crippen LogP contribution in [0.2, 0.25) is 0 Å². The van der Waals surface area contributed by atoms with E-state index in [0.717, 1.165) is 11.1 Å². The number of nitrogens with zero attached hydrogens (tertiary/aromatic N) is 2. The summed E-state index contributed by atoms with van der Waals surface area (Å²) in [6.45, 7) is -1.63. The van der Waals surface area contributed by atoms with Gasteiger partial charge in [-0.1, -0.05) is 60.7 Å². The normalized spacial score (nSPS) is 11.0. The highest BCUT2D eigenvalue weighted by Gasteiger charge is 2.27. The summed E-state index contributed by atoms with van der Waals surface area (Å²) in [4.78, 5) is 39.7. The van der Waals surface area contributed by atoms with Gasteiger partial charge in [0.25, 0.3) is 0 Å². The molecule has 3 rings (SSSR count). The number of carbonyl (C=O) groups excluding carboxylic acids is 2. The summed E-state index contributed by atoms with van der Waals surface area (Å²) in [7, 11) is -4.13. The van der Waals surface area contributed by atoms with Crippen molar-refractivity contribution in [2.75, 3.05) is 32.8 Å². The van der Waals surface area contributed by atoms with Crippen LogP contribution in [-0.2, 0) is 57.1 Å². The molecule has 0 saturated carbocycles. The van der Waals surface area contributed by atoms with E-state index >= 15 is 0 Å². The molecule has 0 saturated heterocycles. The van der Waals surface area contributed by atoms with Gasteiger partial charge in [-0.3, -0.25) is 18.2 Å². The molecule has 0 aliphatic carbocycles. The van der Waals surface area contributed by atoms with E-state index in [9.17, 15) is 18.9 Å². The van der Waals surface area contributed by atoms with Gasteiger partial charge in [0.1, 0.15) is 24.6 Å². The smallest absolute Gasteiger partial charge is 0.429 e. The molecule has 3 aromatic rings. The fourth-order valence-corrected chi connectivity index (χ4v) is 4.34. The Morgan fingerprint density at radius 1 is 0.829 bits per heavy atom. The van der Waals surface area contributed by atoms with Crippen molar-refractivity contribution in [1.29, 1.82) is 0 Å². The summed E-state index contributed by atoms with van der Waals surface area (Å²) in [5.41, 5.74) is 1.00. The van der Waals surface area contributed by atoms with Crippen molar-refractivity contribution in [2.24, 2.45) is 0 Å². The molecule has 0 atom stereocenters. The largest absolute Gasteiger partial charge is 0.510 e. The Hall–Kier alpha value is -3.68. The van der Waals surface area contributed by atoms with E-state index in [1.165, 1.54) is 16.3 Å². The first-order valence-corrected chi connectivity index (χ1v) is 15.1. The zero-order chi connectivity index (χ0) is 29.3. The summed E-state index contributed by atoms with van der Waals surface area (Å²) in [5, 5.41) is 0.572. The van der Waals surface area contributed by atoms with Crippen LogP contribution in [0.5, 0.6) is 0 Å². The Morgan fingerprint density at radius 2 is 1.37 bits per heavy atom. The van der Waals surface area contributed by atoms with E-state index in [1.54, 1.807) is 67.0 Å². The lowest BCUT2D eigenvalue weighted by atomic mass is 10.2. The summed E-state index contributed by atoms with van der Waals surface area (Å²) >= 11 is 1.33. The third-order valence-corrected chi connectivity index (χ3v) is 7.18. The minimum atomic E-state index is -4.13. The van der Waals surface area contributed by atoms with E-state index in [1.807, 2.05) is 12.1 Å². The van der Waals surface area contributed by atoms with Gasteiger partial charge in [-0.05, 0) is 23.4 Å². The van der Waals surface area contributed by atoms with E-state index < -0.39 is 45.5 Å². The molecule has 1 aromatic heterocycles. The zero-order valence-corrected chi connectivity index (χ0v) is 23.8. The van der Waals surface area contributed by atoms with Crippen molar-refractivity contribution in [3.05, 3.63) is 94.5 Å². The van der Waals surface area contributed by atoms with Gasteiger partial charge < -0.3 is 23.7 Å². The minimum absolute atomic E-state index is 0.0397. The van der Waals surface area contributed by atoms with Crippen LogP contribution in [0.3, 0.4) is 0 Å². The maximum atomic E-state index is 13.2. The number of ether oxygens (including phenoxy) is 5. The molecule has 0 bridgehead atoms. The van der Waals surface area contributed by atoms with E-state index in [4.69, 9.17) is 32.7 Å². The molecule has 0 N–H and O–H groups in total. The molecule has 220 valence electrons. The average Bonchev–Trinajstić information content (AvgIpc) is 2.99. The van der Waals surface area contributed by atoms with E-state index in [2.05, 4.69) is 4.98 Å². The molecular formula is C26H29N2O11PS. The highest BCUT2D eigenvalue weighted by molar-refractivity contribution is 7.98. The zero-order valence-electron chi connectivity index (χ0n) is 22.1. The molecule has 0 unspecified atom stereocenters. The van der Waals surface area contributed by atoms with Crippen LogP contribution in [-0.4, -0.2) is 54.7 Å². The quantitative estimate of drug-likeness (QED) is 0.0548. The second-order valence-electron chi connectivity index (χ2n) is 7.93. The lowest BCUT2D eigenvalue weighted by molar-refractivity contribution is -0.0285. The minimum Gasteiger partial charge on any atom is -0.429 e. The van der Waals surface area contributed by atoms with E-state index in [0.29, 0.717) is 5.03 Å². The average molecular weight is 609 g/mol. The summed E-state index contributed by atoms with van der Waals surface area (Å²) in [6, 6.07) is 19.5. The van der Waals surface area contributed by atoms with Crippen molar-refractivity contribution in [3.63, 3.8) is 0 Å². The highest BCUT2D eigenvalue weighted by Crippen LogP contribution is 2.48. The predicted molar refractivity (Wildman–Crippen MR) is 146 cm³/mol. The number of hydrogen-bond acceptors (Lipinski definition) is 13. The molecule has 0 aliphatic heterocycles. The van der Waals surface area contributed by atoms with Gasteiger partial charge in [0.2, 0.25) is 13.6 Å². The molecule has 1 heterocycles. The molecule has 0 spiro atoms. The monoisotopic (exact) mass is 608 g/mol. The molecule has 0 radical (unpaired) electrons. The third kappa shape index (κ3) is 12.2. The first-order valence-electron chi connectivity index (χ1n) is 12.1. The molecular weight excluding hydrogens is 579 g/mol. The van der Waals surface area contributed by atoms with Gasteiger partial charge in [0.05, 0.1) is 13.2 Å². The number of benzene rings is 2. The van der Waals surface area contributed by atoms with Crippen LogP contribution in [0, 0.1) is 0 Å². The summed E-state index contributed by atoms with van der Waals surface area (Å²) < 4.78 is 49.7. The number of aromatic nitrogens is 2. The van der Waals surface area contributed by atoms with Crippen LogP contribution in [0.25, 0.3) is 0 Å². The Kier molecular flexibility index (Phi) is 13.4. The van der Waals surface area contributed by atoms with Crippen molar-refractivity contribution >= 4 is 31.7 Å². The second kappa shape index (κ2) is 17.2. The van der Waals surface area contributed by atoms with Gasteiger partial charge in [0, 0.05) is 6.20 Å². The second-order valence-corrected chi connectivity index (χ2v) is 10.7. The standard InChI is InChI=1S/C26H29N2O11PS/c1-41-23-12-13-28(24(29)27-23)14-15-33-20-40(32,38-18-36-25(30)34-16-21-8-4-2-5-9-21)39-19-37-26(31)35-17-22-10-6-3-7-11-22/h2-13H,14-20H2,1H3. The highest BCUT2D eigenvalue weighted by atomic mass is 32.2. The van der Waals surface area contributed by atoms with Crippen LogP contribution in [0.4, 0.5) is 9.59 Å². The summed E-state index contributed by atoms with van der Waals surface area (Å²) in [5.74, 6) is 0. The van der Waals surface area contributed by atoms with Crippen molar-refractivity contribution in [2.45, 2.75) is 24.8 Å². The summed E-state index contributed by atoms with van der Waals surface area (Å²) in [6.07, 6.45) is 0.612. The van der Waals surface area contributed by atoms with Gasteiger partial charge in [-0.2, -0.15) is 4.98 Å². The Labute approximate surface area is 240 Å². The topological polar surface area (TPSA) is 151 Å². The maximum Gasteiger partial charge on any atom is 0.510 e. The van der Waals surface area contributed by atoms with Gasteiger partial charge in [-0.15, -0.1) is 11.8 Å². The molecule has 2 aromatic carbocycles. The van der Waals surface area contributed by atoms with Crippen LogP contribution in [0.1, 0.15) is 11.1 Å². The van der Waals surface area contributed by atoms with Crippen molar-refractivity contribution < 1.29 is 46.9 Å². The molecule has 41 heavy (non-hydrogen) atoms. The Morgan fingerprint density at radius 3 is 1.85 bits per heavy atom. The Bertz CT molecular complexity index is 1280. The molecule has 15 heteroatoms. The molecule has 13 nitrogen and oxygen atoms in total. The molecule has 0 aliphatic rings. The van der Waals surface area contributed by atoms with Gasteiger partial charge in [0.15, 0.2) is 0 Å². The number of hydrogen-bond donors (Lipinski definition) is 0. The van der Waals surface area contributed by atoms with Gasteiger partial charge >= 0.3 is 25.6 Å². The van der Waals surface area contributed by atoms with Crippen molar-refractivity contribution in [1.82, 2.24) is 9.55 Å².